The molecule has 0 fully saturated rings. The zero-order valence-corrected chi connectivity index (χ0v) is 11.5. The van der Waals surface area contributed by atoms with Gasteiger partial charge in [-0.05, 0) is 31.0 Å². The summed E-state index contributed by atoms with van der Waals surface area (Å²) < 4.78 is 0. The van der Waals surface area contributed by atoms with Crippen LogP contribution >= 0.6 is 0 Å². The first-order chi connectivity index (χ1) is 9.06. The predicted molar refractivity (Wildman–Crippen MR) is 77.0 cm³/mol. The summed E-state index contributed by atoms with van der Waals surface area (Å²) >= 11 is 0. The minimum Gasteiger partial charge on any atom is -0.326 e. The molecule has 0 spiro atoms. The highest BCUT2D eigenvalue weighted by atomic mass is 16.2. The fourth-order valence-corrected chi connectivity index (χ4v) is 1.60. The minimum absolute atomic E-state index is 0.0122. The van der Waals surface area contributed by atoms with Gasteiger partial charge in [-0.25, -0.2) is 0 Å². The van der Waals surface area contributed by atoms with Crippen LogP contribution in [0.4, 0.5) is 11.4 Å². The molecule has 1 aromatic rings. The lowest BCUT2D eigenvalue weighted by molar-refractivity contribution is -0.116. The van der Waals surface area contributed by atoms with Crippen molar-refractivity contribution in [1.29, 1.82) is 0 Å². The van der Waals surface area contributed by atoms with E-state index < -0.39 is 0 Å². The molecule has 0 saturated heterocycles. The minimum atomic E-state index is -0.252. The first-order valence-corrected chi connectivity index (χ1v) is 6.47. The molecule has 5 nitrogen and oxygen atoms in total. The molecule has 0 aliphatic heterocycles. The highest BCUT2D eigenvalue weighted by Crippen LogP contribution is 2.20. The van der Waals surface area contributed by atoms with Crippen LogP contribution in [0.1, 0.15) is 31.7 Å². The average Bonchev–Trinajstić information content (AvgIpc) is 2.40. The summed E-state index contributed by atoms with van der Waals surface area (Å²) in [5, 5.41) is 5.52. The second kappa shape index (κ2) is 7.53. The number of hydrogen-bond acceptors (Lipinski definition) is 3. The summed E-state index contributed by atoms with van der Waals surface area (Å²) in [6.45, 7) is 3.86. The van der Waals surface area contributed by atoms with Crippen molar-refractivity contribution in [3.8, 4) is 0 Å². The summed E-state index contributed by atoms with van der Waals surface area (Å²) in [5.74, 6) is -0.264. The van der Waals surface area contributed by atoms with Crippen LogP contribution in [0.3, 0.4) is 0 Å². The van der Waals surface area contributed by atoms with Crippen LogP contribution in [0.15, 0.2) is 18.2 Å². The van der Waals surface area contributed by atoms with Crippen LogP contribution in [-0.2, 0) is 9.59 Å². The fourth-order valence-electron chi connectivity index (χ4n) is 1.60. The van der Waals surface area contributed by atoms with E-state index in [1.807, 2.05) is 26.0 Å². The van der Waals surface area contributed by atoms with Crippen molar-refractivity contribution in [2.24, 2.45) is 5.73 Å². The van der Waals surface area contributed by atoms with E-state index in [1.165, 1.54) is 0 Å². The van der Waals surface area contributed by atoms with Gasteiger partial charge >= 0.3 is 0 Å². The highest BCUT2D eigenvalue weighted by Gasteiger charge is 2.06. The van der Waals surface area contributed by atoms with Crippen LogP contribution in [0.25, 0.3) is 0 Å². The second-order valence-corrected chi connectivity index (χ2v) is 4.43. The molecule has 0 aliphatic rings. The van der Waals surface area contributed by atoms with Gasteiger partial charge in [0.2, 0.25) is 11.8 Å². The fraction of sp³-hybridized carbons (Fsp3) is 0.429. The molecule has 0 heterocycles. The van der Waals surface area contributed by atoms with Gasteiger partial charge in [0.1, 0.15) is 0 Å². The Bertz CT molecular complexity index is 458. The molecule has 0 radical (unpaired) electrons. The summed E-state index contributed by atoms with van der Waals surface area (Å²) in [5.41, 5.74) is 7.54. The predicted octanol–water partition coefficient (Wildman–Crippen LogP) is 2.02. The van der Waals surface area contributed by atoms with E-state index in [0.29, 0.717) is 17.8 Å². The van der Waals surface area contributed by atoms with Crippen molar-refractivity contribution in [1.82, 2.24) is 0 Å². The van der Waals surface area contributed by atoms with Gasteiger partial charge in [0.15, 0.2) is 0 Å². The molecular formula is C14H21N3O2. The quantitative estimate of drug-likeness (QED) is 0.734. The molecular weight excluding hydrogens is 242 g/mol. The maximum atomic E-state index is 11.6. The maximum Gasteiger partial charge on any atom is 0.238 e. The second-order valence-electron chi connectivity index (χ2n) is 4.43. The number of nitrogens with two attached hydrogens (primary N) is 1. The Labute approximate surface area is 113 Å². The number of hydrogen-bond donors (Lipinski definition) is 3. The third-order valence-corrected chi connectivity index (χ3v) is 2.74. The third kappa shape index (κ3) is 5.09. The van der Waals surface area contributed by atoms with Crippen molar-refractivity contribution in [2.45, 2.75) is 33.1 Å². The molecule has 1 aromatic carbocycles. The van der Waals surface area contributed by atoms with Gasteiger partial charge in [-0.2, -0.15) is 0 Å². The van der Waals surface area contributed by atoms with E-state index in [0.717, 1.165) is 18.4 Å². The van der Waals surface area contributed by atoms with Crippen molar-refractivity contribution in [3.05, 3.63) is 23.8 Å². The number of nitrogens with one attached hydrogen (secondary N) is 2. The van der Waals surface area contributed by atoms with E-state index in [9.17, 15) is 9.59 Å². The Balaban J connectivity index is 2.72. The van der Waals surface area contributed by atoms with Crippen LogP contribution in [-0.4, -0.2) is 18.4 Å². The number of benzene rings is 1. The Morgan fingerprint density at radius 3 is 2.58 bits per heavy atom. The molecule has 0 bridgehead atoms. The van der Waals surface area contributed by atoms with E-state index in [4.69, 9.17) is 5.73 Å². The summed E-state index contributed by atoms with van der Waals surface area (Å²) in [4.78, 5) is 22.9. The SMILES string of the molecule is CCCCC(=O)Nc1ccc(C)c(NC(=O)CN)c1. The lowest BCUT2D eigenvalue weighted by Gasteiger charge is -2.11. The Hall–Kier alpha value is -1.88. The van der Waals surface area contributed by atoms with E-state index >= 15 is 0 Å². The van der Waals surface area contributed by atoms with Gasteiger partial charge in [0, 0.05) is 17.8 Å². The number of aryl methyl sites for hydroxylation is 1. The maximum absolute atomic E-state index is 11.6. The normalized spacial score (nSPS) is 10.1. The lowest BCUT2D eigenvalue weighted by Crippen LogP contribution is -2.22. The summed E-state index contributed by atoms with van der Waals surface area (Å²) in [6.07, 6.45) is 2.36. The zero-order valence-electron chi connectivity index (χ0n) is 11.5. The molecule has 0 aliphatic carbocycles. The Morgan fingerprint density at radius 2 is 1.95 bits per heavy atom. The third-order valence-electron chi connectivity index (χ3n) is 2.74. The number of amides is 2. The summed E-state index contributed by atoms with van der Waals surface area (Å²) in [6, 6.07) is 5.41. The van der Waals surface area contributed by atoms with Gasteiger partial charge in [-0.1, -0.05) is 19.4 Å². The van der Waals surface area contributed by atoms with Crippen molar-refractivity contribution in [2.75, 3.05) is 17.2 Å². The number of carbonyl (C=O) groups excluding carboxylic acids is 2. The average molecular weight is 263 g/mol. The van der Waals surface area contributed by atoms with Crippen molar-refractivity contribution >= 4 is 23.2 Å². The Kier molecular flexibility index (Phi) is 6.02. The van der Waals surface area contributed by atoms with E-state index in [2.05, 4.69) is 10.6 Å². The van der Waals surface area contributed by atoms with Crippen LogP contribution in [0.2, 0.25) is 0 Å². The number of unbranched alkanes of at least 4 members (excludes halogenated alkanes) is 1. The first-order valence-electron chi connectivity index (χ1n) is 6.47. The smallest absolute Gasteiger partial charge is 0.238 e. The van der Waals surface area contributed by atoms with Gasteiger partial charge < -0.3 is 16.4 Å². The highest BCUT2D eigenvalue weighted by molar-refractivity contribution is 5.95. The molecule has 19 heavy (non-hydrogen) atoms. The Morgan fingerprint density at radius 1 is 1.21 bits per heavy atom. The van der Waals surface area contributed by atoms with Crippen LogP contribution in [0, 0.1) is 6.92 Å². The largest absolute Gasteiger partial charge is 0.326 e. The molecule has 0 atom stereocenters. The molecule has 1 rings (SSSR count). The monoisotopic (exact) mass is 263 g/mol. The van der Waals surface area contributed by atoms with Gasteiger partial charge in [0.05, 0.1) is 6.54 Å². The van der Waals surface area contributed by atoms with Crippen LogP contribution < -0.4 is 16.4 Å². The van der Waals surface area contributed by atoms with Gasteiger partial charge in [0.25, 0.3) is 0 Å². The van der Waals surface area contributed by atoms with E-state index in [1.54, 1.807) is 6.07 Å². The zero-order chi connectivity index (χ0) is 14.3. The lowest BCUT2D eigenvalue weighted by atomic mass is 10.1. The van der Waals surface area contributed by atoms with Crippen molar-refractivity contribution in [3.63, 3.8) is 0 Å². The molecule has 0 saturated carbocycles. The molecule has 5 heteroatoms. The summed E-state index contributed by atoms with van der Waals surface area (Å²) in [7, 11) is 0. The topological polar surface area (TPSA) is 84.2 Å². The number of anilines is 2. The standard InChI is InChI=1S/C14H21N3O2/c1-3-4-5-13(18)16-11-7-6-10(2)12(8-11)17-14(19)9-15/h6-8H,3-5,9,15H2,1-2H3,(H,16,18)(H,17,19). The van der Waals surface area contributed by atoms with Gasteiger partial charge in [-0.3, -0.25) is 9.59 Å². The molecule has 4 N–H and O–H groups in total. The van der Waals surface area contributed by atoms with E-state index in [-0.39, 0.29) is 18.4 Å². The first kappa shape index (κ1) is 15.2. The number of carbonyl (C=O) groups is 2. The molecule has 104 valence electrons. The van der Waals surface area contributed by atoms with Crippen LogP contribution in [0.5, 0.6) is 0 Å². The molecule has 0 aromatic heterocycles. The molecule has 0 unspecified atom stereocenters. The van der Waals surface area contributed by atoms with Gasteiger partial charge in [-0.15, -0.1) is 0 Å². The van der Waals surface area contributed by atoms with Crippen molar-refractivity contribution < 1.29 is 9.59 Å². The molecule has 2 amide bonds. The number of rotatable bonds is 6.